The van der Waals surface area contributed by atoms with Crippen molar-refractivity contribution in [1.29, 1.82) is 0 Å². The van der Waals surface area contributed by atoms with Crippen LogP contribution in [0, 0.1) is 12.8 Å². The number of aryl methyl sites for hydroxylation is 1. The van der Waals surface area contributed by atoms with Crippen molar-refractivity contribution in [2.45, 2.75) is 45.3 Å². The van der Waals surface area contributed by atoms with Gasteiger partial charge in [-0.05, 0) is 44.9 Å². The van der Waals surface area contributed by atoms with E-state index in [-0.39, 0.29) is 6.10 Å². The number of rotatable bonds is 4. The molecule has 2 aromatic rings. The summed E-state index contributed by atoms with van der Waals surface area (Å²) in [6.45, 7) is 3.89. The highest BCUT2D eigenvalue weighted by Gasteiger charge is 2.24. The minimum atomic E-state index is -0.121. The molecule has 1 fully saturated rings. The first-order chi connectivity index (χ1) is 10.1. The molecule has 4 nitrogen and oxygen atoms in total. The van der Waals surface area contributed by atoms with Gasteiger partial charge in [-0.3, -0.25) is 0 Å². The van der Waals surface area contributed by atoms with Crippen molar-refractivity contribution < 1.29 is 5.11 Å². The lowest BCUT2D eigenvalue weighted by atomic mass is 9.86. The van der Waals surface area contributed by atoms with Gasteiger partial charge in [0.25, 0.3) is 0 Å². The maximum absolute atomic E-state index is 10.1. The molecule has 0 saturated heterocycles. The minimum absolute atomic E-state index is 0.121. The second kappa shape index (κ2) is 6.16. The Labute approximate surface area is 126 Å². The lowest BCUT2D eigenvalue weighted by Gasteiger charge is -2.30. The molecule has 114 valence electrons. The average molecular weight is 287 g/mol. The van der Waals surface area contributed by atoms with Crippen LogP contribution in [0.1, 0.15) is 37.1 Å². The number of hydrogen-bond acceptors (Lipinski definition) is 3. The van der Waals surface area contributed by atoms with Crippen molar-refractivity contribution in [2.24, 2.45) is 5.92 Å². The normalized spacial score (nSPS) is 23.0. The first-order valence-corrected chi connectivity index (χ1v) is 7.93. The fraction of sp³-hybridized carbons (Fsp3) is 0.588. The van der Waals surface area contributed by atoms with Crippen LogP contribution in [-0.2, 0) is 6.54 Å². The first kappa shape index (κ1) is 14.5. The summed E-state index contributed by atoms with van der Waals surface area (Å²) >= 11 is 0. The predicted molar refractivity (Wildman–Crippen MR) is 84.2 cm³/mol. The Bertz CT molecular complexity index is 607. The number of imidazole rings is 1. The van der Waals surface area contributed by atoms with Crippen molar-refractivity contribution in [3.63, 3.8) is 0 Å². The highest BCUT2D eigenvalue weighted by Crippen LogP contribution is 2.25. The summed E-state index contributed by atoms with van der Waals surface area (Å²) < 4.78 is 2.14. The van der Waals surface area contributed by atoms with Gasteiger partial charge in [-0.2, -0.15) is 0 Å². The number of aliphatic hydroxyl groups excluding tert-OH is 1. The number of fused-ring (bicyclic) bond motifs is 1. The van der Waals surface area contributed by atoms with Crippen LogP contribution in [-0.4, -0.2) is 39.1 Å². The van der Waals surface area contributed by atoms with E-state index in [1.807, 2.05) is 12.1 Å². The molecule has 1 aliphatic carbocycles. The number of hydrogen-bond donors (Lipinski definition) is 1. The molecule has 2 unspecified atom stereocenters. The van der Waals surface area contributed by atoms with Crippen LogP contribution in [0.4, 0.5) is 0 Å². The Morgan fingerprint density at radius 3 is 2.90 bits per heavy atom. The molecule has 1 N–H and O–H groups in total. The van der Waals surface area contributed by atoms with E-state index in [1.165, 1.54) is 18.5 Å². The molecule has 0 radical (unpaired) electrons. The van der Waals surface area contributed by atoms with Gasteiger partial charge in [-0.15, -0.1) is 0 Å². The summed E-state index contributed by atoms with van der Waals surface area (Å²) in [5.41, 5.74) is 3.31. The zero-order valence-electron chi connectivity index (χ0n) is 13.0. The zero-order valence-corrected chi connectivity index (χ0v) is 13.0. The van der Waals surface area contributed by atoms with Crippen molar-refractivity contribution >= 4 is 5.65 Å². The highest BCUT2D eigenvalue weighted by atomic mass is 16.3. The van der Waals surface area contributed by atoms with E-state index in [9.17, 15) is 5.11 Å². The smallest absolute Gasteiger partial charge is 0.137 e. The van der Waals surface area contributed by atoms with Crippen LogP contribution in [0.2, 0.25) is 0 Å². The Morgan fingerprint density at radius 2 is 2.14 bits per heavy atom. The molecule has 2 aromatic heterocycles. The van der Waals surface area contributed by atoms with Crippen LogP contribution in [0.25, 0.3) is 5.65 Å². The highest BCUT2D eigenvalue weighted by molar-refractivity contribution is 5.41. The van der Waals surface area contributed by atoms with Crippen LogP contribution in [0.3, 0.4) is 0 Å². The molecule has 2 heterocycles. The maximum Gasteiger partial charge on any atom is 0.137 e. The molecule has 1 aliphatic rings. The van der Waals surface area contributed by atoms with Crippen molar-refractivity contribution in [3.05, 3.63) is 35.8 Å². The summed E-state index contributed by atoms with van der Waals surface area (Å²) in [4.78, 5) is 6.97. The van der Waals surface area contributed by atoms with Crippen LogP contribution in [0.5, 0.6) is 0 Å². The summed E-state index contributed by atoms with van der Waals surface area (Å²) in [5.74, 6) is 0.419. The molecule has 0 aliphatic heterocycles. The molecule has 0 aromatic carbocycles. The molecule has 3 rings (SSSR count). The summed E-state index contributed by atoms with van der Waals surface area (Å²) in [6.07, 6.45) is 6.54. The maximum atomic E-state index is 10.1. The van der Waals surface area contributed by atoms with Gasteiger partial charge in [0.2, 0.25) is 0 Å². The summed E-state index contributed by atoms with van der Waals surface area (Å²) in [7, 11) is 2.12. The molecule has 0 spiro atoms. The largest absolute Gasteiger partial charge is 0.393 e. The summed E-state index contributed by atoms with van der Waals surface area (Å²) in [5, 5.41) is 10.1. The van der Waals surface area contributed by atoms with E-state index in [4.69, 9.17) is 0 Å². The van der Waals surface area contributed by atoms with E-state index in [0.717, 1.165) is 37.3 Å². The van der Waals surface area contributed by atoms with Gasteiger partial charge in [0, 0.05) is 25.0 Å². The van der Waals surface area contributed by atoms with Gasteiger partial charge in [-0.25, -0.2) is 4.98 Å². The number of nitrogens with zero attached hydrogens (tertiary/aromatic N) is 3. The molecule has 4 heteroatoms. The summed E-state index contributed by atoms with van der Waals surface area (Å²) in [6, 6.07) is 6.19. The molecular weight excluding hydrogens is 262 g/mol. The third-order valence-corrected chi connectivity index (χ3v) is 4.59. The van der Waals surface area contributed by atoms with Gasteiger partial charge >= 0.3 is 0 Å². The van der Waals surface area contributed by atoms with Gasteiger partial charge in [-0.1, -0.05) is 18.9 Å². The SMILES string of the molecule is Cc1cccc2nc(CN(C)CC3CCCCC3O)cn12. The van der Waals surface area contributed by atoms with Crippen LogP contribution < -0.4 is 0 Å². The second-order valence-corrected chi connectivity index (χ2v) is 6.44. The molecule has 1 saturated carbocycles. The quantitative estimate of drug-likeness (QED) is 0.940. The van der Waals surface area contributed by atoms with Crippen LogP contribution in [0.15, 0.2) is 24.4 Å². The lowest BCUT2D eigenvalue weighted by Crippen LogP contribution is -2.34. The number of aromatic nitrogens is 2. The zero-order chi connectivity index (χ0) is 14.8. The van der Waals surface area contributed by atoms with Gasteiger partial charge < -0.3 is 14.4 Å². The second-order valence-electron chi connectivity index (χ2n) is 6.44. The molecule has 2 atom stereocenters. The van der Waals surface area contributed by atoms with Crippen molar-refractivity contribution in [2.75, 3.05) is 13.6 Å². The monoisotopic (exact) mass is 287 g/mol. The average Bonchev–Trinajstić information content (AvgIpc) is 2.85. The van der Waals surface area contributed by atoms with Gasteiger partial charge in [0.15, 0.2) is 0 Å². The number of aliphatic hydroxyl groups is 1. The van der Waals surface area contributed by atoms with E-state index >= 15 is 0 Å². The van der Waals surface area contributed by atoms with Crippen molar-refractivity contribution in [1.82, 2.24) is 14.3 Å². The molecule has 0 amide bonds. The van der Waals surface area contributed by atoms with E-state index < -0.39 is 0 Å². The molecule has 21 heavy (non-hydrogen) atoms. The minimum Gasteiger partial charge on any atom is -0.393 e. The van der Waals surface area contributed by atoms with Crippen LogP contribution >= 0.6 is 0 Å². The van der Waals surface area contributed by atoms with Gasteiger partial charge in [0.05, 0.1) is 11.8 Å². The van der Waals surface area contributed by atoms with Gasteiger partial charge in [0.1, 0.15) is 5.65 Å². The number of pyridine rings is 1. The fourth-order valence-corrected chi connectivity index (χ4v) is 3.42. The lowest BCUT2D eigenvalue weighted by molar-refractivity contribution is 0.0500. The van der Waals surface area contributed by atoms with E-state index in [1.54, 1.807) is 0 Å². The topological polar surface area (TPSA) is 40.8 Å². The van der Waals surface area contributed by atoms with E-state index in [2.05, 4.69) is 40.5 Å². The van der Waals surface area contributed by atoms with Crippen molar-refractivity contribution in [3.8, 4) is 0 Å². The Morgan fingerprint density at radius 1 is 1.33 bits per heavy atom. The third kappa shape index (κ3) is 3.27. The molecule has 0 bridgehead atoms. The fourth-order valence-electron chi connectivity index (χ4n) is 3.42. The third-order valence-electron chi connectivity index (χ3n) is 4.59. The Balaban J connectivity index is 1.65. The first-order valence-electron chi connectivity index (χ1n) is 7.93. The van der Waals surface area contributed by atoms with E-state index in [0.29, 0.717) is 5.92 Å². The standard InChI is InChI=1S/C17H25N3O/c1-13-6-5-9-17-18-15(12-20(13)17)11-19(2)10-14-7-3-4-8-16(14)21/h5-6,9,12,14,16,21H,3-4,7-8,10-11H2,1-2H3. The molecular formula is C17H25N3O. The predicted octanol–water partition coefficient (Wildman–Crippen LogP) is 2.63. The Hall–Kier alpha value is -1.39. The Kier molecular flexibility index (Phi) is 4.27.